The Morgan fingerprint density at radius 1 is 1.31 bits per heavy atom. The summed E-state index contributed by atoms with van der Waals surface area (Å²) in [5, 5.41) is 3.49. The monoisotopic (exact) mass is 177 g/mol. The minimum atomic E-state index is 0.506. The molecule has 0 aromatic heterocycles. The van der Waals surface area contributed by atoms with Crippen molar-refractivity contribution in [1.29, 1.82) is 0 Å². The molecule has 0 heterocycles. The summed E-state index contributed by atoms with van der Waals surface area (Å²) in [4.78, 5) is 0. The third-order valence-corrected chi connectivity index (χ3v) is 2.17. The van der Waals surface area contributed by atoms with E-state index in [1.165, 1.54) is 16.8 Å². The van der Waals surface area contributed by atoms with E-state index in [0.717, 1.165) is 6.42 Å². The number of para-hydroxylation sites is 1. The molecule has 0 amide bonds. The minimum absolute atomic E-state index is 0.506. The van der Waals surface area contributed by atoms with Crippen molar-refractivity contribution >= 4 is 5.69 Å². The van der Waals surface area contributed by atoms with Gasteiger partial charge in [-0.2, -0.15) is 0 Å². The van der Waals surface area contributed by atoms with Crippen LogP contribution in [0.2, 0.25) is 0 Å². The van der Waals surface area contributed by atoms with Crippen LogP contribution in [0.5, 0.6) is 0 Å². The van der Waals surface area contributed by atoms with E-state index < -0.39 is 0 Å². The van der Waals surface area contributed by atoms with Crippen LogP contribution >= 0.6 is 0 Å². The zero-order chi connectivity index (χ0) is 9.84. The fourth-order valence-electron chi connectivity index (χ4n) is 1.52. The van der Waals surface area contributed by atoms with Crippen LogP contribution in [-0.2, 0) is 6.42 Å². The molecule has 0 aliphatic carbocycles. The second-order valence-corrected chi connectivity index (χ2v) is 3.76. The molecular formula is C12H19N. The van der Waals surface area contributed by atoms with Crippen molar-refractivity contribution in [3.05, 3.63) is 29.3 Å². The summed E-state index contributed by atoms with van der Waals surface area (Å²) in [7, 11) is 0. The van der Waals surface area contributed by atoms with E-state index in [2.05, 4.69) is 51.2 Å². The van der Waals surface area contributed by atoms with Crippen LogP contribution < -0.4 is 5.32 Å². The molecular weight excluding hydrogens is 158 g/mol. The topological polar surface area (TPSA) is 12.0 Å². The van der Waals surface area contributed by atoms with Crippen LogP contribution in [0.4, 0.5) is 5.69 Å². The van der Waals surface area contributed by atoms with Gasteiger partial charge in [0.15, 0.2) is 0 Å². The number of rotatable bonds is 3. The lowest BCUT2D eigenvalue weighted by atomic mass is 10.1. The van der Waals surface area contributed by atoms with Gasteiger partial charge in [-0.1, -0.05) is 25.1 Å². The first-order valence-corrected chi connectivity index (χ1v) is 5.00. The molecule has 0 radical (unpaired) electrons. The average Bonchev–Trinajstić information content (AvgIpc) is 2.08. The van der Waals surface area contributed by atoms with Crippen LogP contribution in [0.3, 0.4) is 0 Å². The maximum absolute atomic E-state index is 3.49. The molecule has 0 aliphatic rings. The normalized spacial score (nSPS) is 10.5. The van der Waals surface area contributed by atoms with E-state index in [0.29, 0.717) is 6.04 Å². The van der Waals surface area contributed by atoms with E-state index in [1.54, 1.807) is 0 Å². The van der Waals surface area contributed by atoms with Crippen LogP contribution in [0.25, 0.3) is 0 Å². The number of hydrogen-bond acceptors (Lipinski definition) is 1. The van der Waals surface area contributed by atoms with Crippen LogP contribution in [0.1, 0.15) is 31.9 Å². The largest absolute Gasteiger partial charge is 0.382 e. The Morgan fingerprint density at radius 2 is 2.00 bits per heavy atom. The molecule has 1 aromatic rings. The smallest absolute Gasteiger partial charge is 0.0404 e. The maximum atomic E-state index is 3.49. The number of anilines is 1. The Labute approximate surface area is 81.2 Å². The fourth-order valence-corrected chi connectivity index (χ4v) is 1.52. The number of benzene rings is 1. The quantitative estimate of drug-likeness (QED) is 0.746. The zero-order valence-corrected chi connectivity index (χ0v) is 9.02. The molecule has 0 aliphatic heterocycles. The molecule has 0 spiro atoms. The molecule has 0 unspecified atom stereocenters. The Kier molecular flexibility index (Phi) is 3.35. The van der Waals surface area contributed by atoms with Gasteiger partial charge in [0, 0.05) is 11.7 Å². The molecule has 0 atom stereocenters. The van der Waals surface area contributed by atoms with Gasteiger partial charge in [0.05, 0.1) is 0 Å². The highest BCUT2D eigenvalue weighted by molar-refractivity contribution is 5.57. The summed E-state index contributed by atoms with van der Waals surface area (Å²) in [6.07, 6.45) is 1.09. The predicted octanol–water partition coefficient (Wildman–Crippen LogP) is 3.38. The molecule has 0 saturated carbocycles. The molecule has 1 aromatic carbocycles. The number of aryl methyl sites for hydroxylation is 2. The van der Waals surface area contributed by atoms with Gasteiger partial charge in [-0.15, -0.1) is 0 Å². The van der Waals surface area contributed by atoms with Crippen LogP contribution in [0, 0.1) is 6.92 Å². The molecule has 0 fully saturated rings. The highest BCUT2D eigenvalue weighted by atomic mass is 14.9. The Hall–Kier alpha value is -0.980. The molecule has 0 bridgehead atoms. The lowest BCUT2D eigenvalue weighted by Gasteiger charge is -2.16. The SMILES string of the molecule is CCc1cccc(C)c1NC(C)C. The van der Waals surface area contributed by atoms with E-state index in [-0.39, 0.29) is 0 Å². The van der Waals surface area contributed by atoms with Gasteiger partial charge in [0.2, 0.25) is 0 Å². The third-order valence-electron chi connectivity index (χ3n) is 2.17. The van der Waals surface area contributed by atoms with E-state index in [1.807, 2.05) is 0 Å². The van der Waals surface area contributed by atoms with Crippen molar-refractivity contribution in [3.8, 4) is 0 Å². The molecule has 1 heteroatoms. The maximum Gasteiger partial charge on any atom is 0.0404 e. The Morgan fingerprint density at radius 3 is 2.54 bits per heavy atom. The van der Waals surface area contributed by atoms with E-state index >= 15 is 0 Å². The summed E-state index contributed by atoms with van der Waals surface area (Å²) in [6, 6.07) is 6.98. The molecule has 1 nitrogen and oxygen atoms in total. The van der Waals surface area contributed by atoms with Gasteiger partial charge in [0.1, 0.15) is 0 Å². The summed E-state index contributed by atoms with van der Waals surface area (Å²) in [5.74, 6) is 0. The van der Waals surface area contributed by atoms with Crippen molar-refractivity contribution in [3.63, 3.8) is 0 Å². The first kappa shape index (κ1) is 10.1. The second kappa shape index (κ2) is 4.31. The third kappa shape index (κ3) is 2.48. The molecule has 1 rings (SSSR count). The first-order valence-electron chi connectivity index (χ1n) is 5.00. The van der Waals surface area contributed by atoms with Crippen molar-refractivity contribution in [2.24, 2.45) is 0 Å². The molecule has 72 valence electrons. The number of nitrogens with one attached hydrogen (secondary N) is 1. The van der Waals surface area contributed by atoms with Crippen LogP contribution in [-0.4, -0.2) is 6.04 Å². The Balaban J connectivity index is 3.00. The van der Waals surface area contributed by atoms with Crippen molar-refractivity contribution in [2.75, 3.05) is 5.32 Å². The standard InChI is InChI=1S/C12H19N/c1-5-11-8-6-7-10(4)12(11)13-9(2)3/h6-9,13H,5H2,1-4H3. The molecule has 1 N–H and O–H groups in total. The summed E-state index contributed by atoms with van der Waals surface area (Å²) in [5.41, 5.74) is 4.07. The second-order valence-electron chi connectivity index (χ2n) is 3.76. The van der Waals surface area contributed by atoms with Gasteiger partial charge in [-0.3, -0.25) is 0 Å². The van der Waals surface area contributed by atoms with Crippen molar-refractivity contribution < 1.29 is 0 Å². The molecule has 0 saturated heterocycles. The average molecular weight is 177 g/mol. The van der Waals surface area contributed by atoms with Gasteiger partial charge in [0.25, 0.3) is 0 Å². The van der Waals surface area contributed by atoms with Gasteiger partial charge < -0.3 is 5.32 Å². The fraction of sp³-hybridized carbons (Fsp3) is 0.500. The lowest BCUT2D eigenvalue weighted by molar-refractivity contribution is 0.891. The summed E-state index contributed by atoms with van der Waals surface area (Å²) < 4.78 is 0. The highest BCUT2D eigenvalue weighted by Crippen LogP contribution is 2.21. The molecule has 13 heavy (non-hydrogen) atoms. The van der Waals surface area contributed by atoms with Gasteiger partial charge in [-0.05, 0) is 38.3 Å². The summed E-state index contributed by atoms with van der Waals surface area (Å²) in [6.45, 7) is 8.70. The summed E-state index contributed by atoms with van der Waals surface area (Å²) >= 11 is 0. The first-order chi connectivity index (χ1) is 6.15. The van der Waals surface area contributed by atoms with Gasteiger partial charge >= 0.3 is 0 Å². The van der Waals surface area contributed by atoms with Crippen LogP contribution in [0.15, 0.2) is 18.2 Å². The van der Waals surface area contributed by atoms with Crippen molar-refractivity contribution in [2.45, 2.75) is 40.2 Å². The van der Waals surface area contributed by atoms with E-state index in [9.17, 15) is 0 Å². The lowest BCUT2D eigenvalue weighted by Crippen LogP contribution is -2.12. The Bertz CT molecular complexity index is 276. The zero-order valence-electron chi connectivity index (χ0n) is 9.02. The highest BCUT2D eigenvalue weighted by Gasteiger charge is 2.03. The number of hydrogen-bond donors (Lipinski definition) is 1. The van der Waals surface area contributed by atoms with E-state index in [4.69, 9.17) is 0 Å². The minimum Gasteiger partial charge on any atom is -0.382 e. The van der Waals surface area contributed by atoms with Crippen molar-refractivity contribution in [1.82, 2.24) is 0 Å². The predicted molar refractivity (Wildman–Crippen MR) is 59.3 cm³/mol. The van der Waals surface area contributed by atoms with Gasteiger partial charge in [-0.25, -0.2) is 0 Å².